The normalized spacial score (nSPS) is 10.0. The number of amides is 2. The summed E-state index contributed by atoms with van der Waals surface area (Å²) in [6.07, 6.45) is 0. The number of hydrogen-bond donors (Lipinski definition) is 3. The molecular formula is C15H12BrClN2O4. The maximum Gasteiger partial charge on any atom is 0.273 e. The second-order valence-electron chi connectivity index (χ2n) is 4.42. The maximum atomic E-state index is 12.1. The van der Waals surface area contributed by atoms with Crippen LogP contribution in [-0.2, 0) is 0 Å². The molecule has 0 aliphatic rings. The molecule has 8 heteroatoms. The largest absolute Gasteiger partial charge is 0.507 e. The fraction of sp³-hybridized carbons (Fsp3) is 0.0667. The van der Waals surface area contributed by atoms with Crippen molar-refractivity contribution in [1.29, 1.82) is 0 Å². The zero-order valence-corrected chi connectivity index (χ0v) is 14.2. The fourth-order valence-corrected chi connectivity index (χ4v) is 2.34. The highest BCUT2D eigenvalue weighted by molar-refractivity contribution is 9.10. The number of hydrazine groups is 1. The lowest BCUT2D eigenvalue weighted by atomic mass is 10.2. The molecule has 0 atom stereocenters. The van der Waals surface area contributed by atoms with Gasteiger partial charge in [-0.1, -0.05) is 11.6 Å². The van der Waals surface area contributed by atoms with Crippen molar-refractivity contribution in [2.75, 3.05) is 7.11 Å². The van der Waals surface area contributed by atoms with Gasteiger partial charge in [0.05, 0.1) is 18.2 Å². The molecule has 0 aliphatic heterocycles. The quantitative estimate of drug-likeness (QED) is 0.693. The number of nitrogens with one attached hydrogen (secondary N) is 2. The molecule has 0 aromatic heterocycles. The van der Waals surface area contributed by atoms with E-state index in [2.05, 4.69) is 26.8 Å². The van der Waals surface area contributed by atoms with E-state index in [4.69, 9.17) is 16.3 Å². The molecule has 6 nitrogen and oxygen atoms in total. The highest BCUT2D eigenvalue weighted by Crippen LogP contribution is 2.23. The number of benzene rings is 2. The van der Waals surface area contributed by atoms with E-state index in [1.54, 1.807) is 12.1 Å². The predicted molar refractivity (Wildman–Crippen MR) is 88.7 cm³/mol. The summed E-state index contributed by atoms with van der Waals surface area (Å²) in [6.45, 7) is 0. The second kappa shape index (κ2) is 7.34. The number of ether oxygens (including phenoxy) is 1. The van der Waals surface area contributed by atoms with Crippen LogP contribution >= 0.6 is 27.5 Å². The SMILES string of the molecule is COc1ccc(Br)c(C(=O)NNC(=O)c2cc(Cl)ccc2O)c1. The van der Waals surface area contributed by atoms with Gasteiger partial charge in [-0.15, -0.1) is 0 Å². The molecule has 2 aromatic carbocycles. The molecule has 0 aliphatic carbocycles. The number of halogens is 2. The molecular weight excluding hydrogens is 388 g/mol. The summed E-state index contributed by atoms with van der Waals surface area (Å²) < 4.78 is 5.59. The number of hydrogen-bond acceptors (Lipinski definition) is 4. The Morgan fingerprint density at radius 3 is 2.39 bits per heavy atom. The van der Waals surface area contributed by atoms with Gasteiger partial charge in [0, 0.05) is 9.50 Å². The van der Waals surface area contributed by atoms with Crippen molar-refractivity contribution >= 4 is 39.3 Å². The molecule has 0 fully saturated rings. The molecule has 120 valence electrons. The van der Waals surface area contributed by atoms with Crippen LogP contribution in [0.25, 0.3) is 0 Å². The first-order chi connectivity index (χ1) is 10.9. The number of phenols is 1. The van der Waals surface area contributed by atoms with Gasteiger partial charge in [0.15, 0.2) is 0 Å². The average Bonchev–Trinajstić information content (AvgIpc) is 2.55. The Morgan fingerprint density at radius 1 is 1.09 bits per heavy atom. The van der Waals surface area contributed by atoms with E-state index in [0.717, 1.165) is 0 Å². The Hall–Kier alpha value is -2.25. The number of carbonyl (C=O) groups excluding carboxylic acids is 2. The maximum absolute atomic E-state index is 12.1. The lowest BCUT2D eigenvalue weighted by Gasteiger charge is -2.10. The van der Waals surface area contributed by atoms with Crippen LogP contribution in [0.4, 0.5) is 0 Å². The molecule has 0 saturated heterocycles. The number of carbonyl (C=O) groups is 2. The Labute approximate surface area is 145 Å². The molecule has 3 N–H and O–H groups in total. The molecule has 0 saturated carbocycles. The van der Waals surface area contributed by atoms with Crippen molar-refractivity contribution in [3.05, 3.63) is 57.0 Å². The van der Waals surface area contributed by atoms with E-state index in [-0.39, 0.29) is 21.9 Å². The summed E-state index contributed by atoms with van der Waals surface area (Å²) in [5.41, 5.74) is 4.69. The van der Waals surface area contributed by atoms with Gasteiger partial charge >= 0.3 is 0 Å². The van der Waals surface area contributed by atoms with Crippen molar-refractivity contribution in [1.82, 2.24) is 10.9 Å². The Morgan fingerprint density at radius 2 is 1.74 bits per heavy atom. The van der Waals surface area contributed by atoms with Crippen molar-refractivity contribution in [2.24, 2.45) is 0 Å². The average molecular weight is 400 g/mol. The van der Waals surface area contributed by atoms with E-state index >= 15 is 0 Å². The third-order valence-electron chi connectivity index (χ3n) is 2.91. The van der Waals surface area contributed by atoms with Crippen LogP contribution in [0.3, 0.4) is 0 Å². The Bertz CT molecular complexity index is 767. The summed E-state index contributed by atoms with van der Waals surface area (Å²) in [4.78, 5) is 24.1. The smallest absolute Gasteiger partial charge is 0.273 e. The molecule has 0 radical (unpaired) electrons. The van der Waals surface area contributed by atoms with Gasteiger partial charge in [0.1, 0.15) is 11.5 Å². The van der Waals surface area contributed by atoms with Crippen LogP contribution in [0, 0.1) is 0 Å². The van der Waals surface area contributed by atoms with E-state index in [1.807, 2.05) is 0 Å². The van der Waals surface area contributed by atoms with Crippen molar-refractivity contribution < 1.29 is 19.4 Å². The molecule has 2 rings (SSSR count). The third kappa shape index (κ3) is 4.14. The number of aromatic hydroxyl groups is 1. The van der Waals surface area contributed by atoms with E-state index in [1.165, 1.54) is 31.4 Å². The zero-order chi connectivity index (χ0) is 17.0. The van der Waals surface area contributed by atoms with Crippen molar-refractivity contribution in [2.45, 2.75) is 0 Å². The highest BCUT2D eigenvalue weighted by atomic mass is 79.9. The topological polar surface area (TPSA) is 87.7 Å². The van der Waals surface area contributed by atoms with E-state index < -0.39 is 11.8 Å². The van der Waals surface area contributed by atoms with Crippen molar-refractivity contribution in [3.8, 4) is 11.5 Å². The number of methoxy groups -OCH3 is 1. The number of phenolic OH excluding ortho intramolecular Hbond substituents is 1. The molecule has 0 bridgehead atoms. The van der Waals surface area contributed by atoms with Gasteiger partial charge in [0.2, 0.25) is 0 Å². The molecule has 23 heavy (non-hydrogen) atoms. The first-order valence-corrected chi connectivity index (χ1v) is 7.52. The van der Waals surface area contributed by atoms with E-state index in [0.29, 0.717) is 10.2 Å². The van der Waals surface area contributed by atoms with Crippen molar-refractivity contribution in [3.63, 3.8) is 0 Å². The second-order valence-corrected chi connectivity index (χ2v) is 5.71. The molecule has 0 spiro atoms. The van der Waals surface area contributed by atoms with Crippen LogP contribution in [0.5, 0.6) is 11.5 Å². The van der Waals surface area contributed by atoms with Gasteiger partial charge < -0.3 is 9.84 Å². The van der Waals surface area contributed by atoms with Crippen LogP contribution in [0.2, 0.25) is 5.02 Å². The highest BCUT2D eigenvalue weighted by Gasteiger charge is 2.15. The summed E-state index contributed by atoms with van der Waals surface area (Å²) in [7, 11) is 1.48. The number of rotatable bonds is 3. The first kappa shape index (κ1) is 17.1. The van der Waals surface area contributed by atoms with Crippen LogP contribution in [0.15, 0.2) is 40.9 Å². The summed E-state index contributed by atoms with van der Waals surface area (Å²) in [5.74, 6) is -0.996. The zero-order valence-electron chi connectivity index (χ0n) is 11.9. The van der Waals surface area contributed by atoms with E-state index in [9.17, 15) is 14.7 Å². The predicted octanol–water partition coefficient (Wildman–Crippen LogP) is 2.89. The Balaban J connectivity index is 2.10. The summed E-state index contributed by atoms with van der Waals surface area (Å²) >= 11 is 9.02. The summed E-state index contributed by atoms with van der Waals surface area (Å²) in [5, 5.41) is 9.93. The summed E-state index contributed by atoms with van der Waals surface area (Å²) in [6, 6.07) is 8.88. The Kier molecular flexibility index (Phi) is 5.46. The monoisotopic (exact) mass is 398 g/mol. The minimum absolute atomic E-state index is 0.0532. The lowest BCUT2D eigenvalue weighted by molar-refractivity contribution is 0.0844. The lowest BCUT2D eigenvalue weighted by Crippen LogP contribution is -2.41. The molecule has 2 aromatic rings. The van der Waals surface area contributed by atoms with Crippen LogP contribution < -0.4 is 15.6 Å². The van der Waals surface area contributed by atoms with Crippen LogP contribution in [0.1, 0.15) is 20.7 Å². The molecule has 2 amide bonds. The van der Waals surface area contributed by atoms with Gasteiger partial charge in [-0.3, -0.25) is 20.4 Å². The third-order valence-corrected chi connectivity index (χ3v) is 3.84. The fourth-order valence-electron chi connectivity index (χ4n) is 1.74. The molecule has 0 unspecified atom stereocenters. The molecule has 0 heterocycles. The van der Waals surface area contributed by atoms with Gasteiger partial charge in [-0.25, -0.2) is 0 Å². The minimum Gasteiger partial charge on any atom is -0.507 e. The minimum atomic E-state index is -0.697. The van der Waals surface area contributed by atoms with Gasteiger partial charge in [-0.2, -0.15) is 0 Å². The standard InChI is InChI=1S/C15H12BrClN2O4/c1-23-9-3-4-12(16)10(7-9)14(21)18-19-15(22)11-6-8(17)2-5-13(11)20/h2-7,20H,1H3,(H,18,21)(H,19,22). The first-order valence-electron chi connectivity index (χ1n) is 6.35. The van der Waals surface area contributed by atoms with Gasteiger partial charge in [-0.05, 0) is 52.3 Å². The van der Waals surface area contributed by atoms with Gasteiger partial charge in [0.25, 0.3) is 11.8 Å². The van der Waals surface area contributed by atoms with Crippen LogP contribution in [-0.4, -0.2) is 24.0 Å².